The van der Waals surface area contributed by atoms with E-state index in [4.69, 9.17) is 10.8 Å². The van der Waals surface area contributed by atoms with E-state index in [1.54, 1.807) is 11.9 Å². The average Bonchev–Trinajstić information content (AvgIpc) is 2.37. The van der Waals surface area contributed by atoms with Crippen LogP contribution in [0.1, 0.15) is 25.7 Å². The van der Waals surface area contributed by atoms with Crippen molar-refractivity contribution in [3.63, 3.8) is 0 Å². The van der Waals surface area contributed by atoms with Crippen molar-refractivity contribution in [2.75, 3.05) is 26.7 Å². The Labute approximate surface area is 112 Å². The lowest BCUT2D eigenvalue weighted by Crippen LogP contribution is -2.47. The Morgan fingerprint density at radius 3 is 2.37 bits per heavy atom. The predicted molar refractivity (Wildman–Crippen MR) is 68.4 cm³/mol. The monoisotopic (exact) mass is 271 g/mol. The molecule has 7 nitrogen and oxygen atoms in total. The first-order chi connectivity index (χ1) is 8.91. The summed E-state index contributed by atoms with van der Waals surface area (Å²) >= 11 is 0. The zero-order valence-corrected chi connectivity index (χ0v) is 11.2. The molecule has 19 heavy (non-hydrogen) atoms. The smallest absolute Gasteiger partial charge is 0.319 e. The second kappa shape index (κ2) is 6.96. The average molecular weight is 271 g/mol. The molecule has 0 aromatic heterocycles. The molecule has 3 amide bonds. The van der Waals surface area contributed by atoms with Crippen LogP contribution in [0.4, 0.5) is 4.79 Å². The number of primary amides is 1. The molecule has 0 saturated carbocycles. The maximum atomic E-state index is 12.0. The molecule has 0 spiro atoms. The lowest BCUT2D eigenvalue weighted by atomic mass is 9.96. The van der Waals surface area contributed by atoms with Gasteiger partial charge in [0, 0.05) is 39.0 Å². The van der Waals surface area contributed by atoms with Crippen LogP contribution < -0.4 is 5.73 Å². The number of carboxylic acid groups (broad SMARTS) is 1. The van der Waals surface area contributed by atoms with Gasteiger partial charge in [-0.15, -0.1) is 0 Å². The van der Waals surface area contributed by atoms with Crippen LogP contribution in [0.2, 0.25) is 0 Å². The summed E-state index contributed by atoms with van der Waals surface area (Å²) < 4.78 is 0. The minimum atomic E-state index is -0.858. The molecule has 1 aliphatic rings. The van der Waals surface area contributed by atoms with E-state index in [1.165, 1.54) is 4.90 Å². The fourth-order valence-corrected chi connectivity index (χ4v) is 2.16. The van der Waals surface area contributed by atoms with Gasteiger partial charge in [0.25, 0.3) is 0 Å². The fraction of sp³-hybridized carbons (Fsp3) is 0.750. The van der Waals surface area contributed by atoms with E-state index in [0.29, 0.717) is 38.9 Å². The molecule has 0 radical (unpaired) electrons. The molecule has 0 aliphatic carbocycles. The van der Waals surface area contributed by atoms with Crippen molar-refractivity contribution in [3.8, 4) is 0 Å². The summed E-state index contributed by atoms with van der Waals surface area (Å²) in [6, 6.07) is -0.117. The van der Waals surface area contributed by atoms with E-state index in [1.807, 2.05) is 0 Å². The number of amides is 3. The van der Waals surface area contributed by atoms with Gasteiger partial charge in [0.2, 0.25) is 5.91 Å². The first-order valence-corrected chi connectivity index (χ1v) is 6.43. The van der Waals surface area contributed by atoms with Gasteiger partial charge in [0.1, 0.15) is 0 Å². The van der Waals surface area contributed by atoms with E-state index in [0.717, 1.165) is 0 Å². The van der Waals surface area contributed by atoms with Gasteiger partial charge in [-0.3, -0.25) is 9.59 Å². The van der Waals surface area contributed by atoms with E-state index in [2.05, 4.69) is 0 Å². The minimum absolute atomic E-state index is 0.0569. The number of carbonyl (C=O) groups excluding carboxylic acids is 2. The van der Waals surface area contributed by atoms with E-state index >= 15 is 0 Å². The number of hydrogen-bond donors (Lipinski definition) is 2. The molecule has 1 fully saturated rings. The number of rotatable bonds is 5. The van der Waals surface area contributed by atoms with Gasteiger partial charge in [0.15, 0.2) is 0 Å². The zero-order valence-electron chi connectivity index (χ0n) is 11.2. The number of aliphatic carboxylic acids is 1. The molecule has 0 aromatic carbocycles. The van der Waals surface area contributed by atoms with Gasteiger partial charge >= 0.3 is 12.0 Å². The third-order valence-electron chi connectivity index (χ3n) is 3.38. The highest BCUT2D eigenvalue weighted by Crippen LogP contribution is 2.17. The van der Waals surface area contributed by atoms with Crippen molar-refractivity contribution in [2.45, 2.75) is 25.7 Å². The van der Waals surface area contributed by atoms with Gasteiger partial charge in [-0.2, -0.15) is 0 Å². The van der Waals surface area contributed by atoms with E-state index < -0.39 is 5.97 Å². The number of piperidine rings is 1. The zero-order chi connectivity index (χ0) is 14.4. The molecular formula is C12H21N3O4. The number of hydrogen-bond acceptors (Lipinski definition) is 3. The highest BCUT2D eigenvalue weighted by atomic mass is 16.4. The molecule has 108 valence electrons. The molecule has 3 N–H and O–H groups in total. The molecule has 0 bridgehead atoms. The summed E-state index contributed by atoms with van der Waals surface area (Å²) in [7, 11) is 1.66. The van der Waals surface area contributed by atoms with Crippen molar-refractivity contribution in [1.29, 1.82) is 0 Å². The molecule has 1 aliphatic heterocycles. The Morgan fingerprint density at radius 1 is 1.32 bits per heavy atom. The van der Waals surface area contributed by atoms with Crippen molar-refractivity contribution in [2.24, 2.45) is 11.7 Å². The minimum Gasteiger partial charge on any atom is -0.481 e. The van der Waals surface area contributed by atoms with Gasteiger partial charge in [-0.25, -0.2) is 4.79 Å². The number of likely N-dealkylation sites (tertiary alicyclic amines) is 1. The fourth-order valence-electron chi connectivity index (χ4n) is 2.16. The first-order valence-electron chi connectivity index (χ1n) is 6.43. The van der Waals surface area contributed by atoms with Crippen LogP contribution in [0.15, 0.2) is 0 Å². The van der Waals surface area contributed by atoms with Gasteiger partial charge in [0.05, 0.1) is 0 Å². The van der Waals surface area contributed by atoms with Gasteiger partial charge < -0.3 is 20.6 Å². The summed E-state index contributed by atoms with van der Waals surface area (Å²) in [6.07, 6.45) is 1.70. The predicted octanol–water partition coefficient (Wildman–Crippen LogP) is 0.100. The van der Waals surface area contributed by atoms with E-state index in [-0.39, 0.29) is 24.3 Å². The van der Waals surface area contributed by atoms with Crippen LogP contribution in [0, 0.1) is 5.92 Å². The second-order valence-electron chi connectivity index (χ2n) is 4.87. The highest BCUT2D eigenvalue weighted by Gasteiger charge is 2.27. The quantitative estimate of drug-likeness (QED) is 0.740. The van der Waals surface area contributed by atoms with Crippen molar-refractivity contribution in [3.05, 3.63) is 0 Å². The number of carbonyl (C=O) groups is 3. The van der Waals surface area contributed by atoms with Crippen LogP contribution in [-0.4, -0.2) is 59.5 Å². The van der Waals surface area contributed by atoms with Crippen LogP contribution in [0.3, 0.4) is 0 Å². The lowest BCUT2D eigenvalue weighted by molar-refractivity contribution is -0.137. The summed E-state index contributed by atoms with van der Waals surface area (Å²) in [4.78, 5) is 36.7. The standard InChI is InChI=1S/C12H21N3O4/c1-14(6-2-3-10(16)17)12(19)15-7-4-9(5-8-15)11(13)18/h9H,2-8H2,1H3,(H2,13,18)(H,16,17). The molecule has 7 heteroatoms. The van der Waals surface area contributed by atoms with Crippen LogP contribution in [0.5, 0.6) is 0 Å². The van der Waals surface area contributed by atoms with Crippen molar-refractivity contribution < 1.29 is 19.5 Å². The molecule has 1 heterocycles. The molecule has 1 rings (SSSR count). The Morgan fingerprint density at radius 2 is 1.89 bits per heavy atom. The summed E-state index contributed by atoms with van der Waals surface area (Å²) in [5.41, 5.74) is 5.23. The van der Waals surface area contributed by atoms with Crippen molar-refractivity contribution in [1.82, 2.24) is 9.80 Å². The number of nitrogens with zero attached hydrogens (tertiary/aromatic N) is 2. The van der Waals surface area contributed by atoms with Gasteiger partial charge in [-0.05, 0) is 19.3 Å². The third kappa shape index (κ3) is 4.76. The van der Waals surface area contributed by atoms with Crippen molar-refractivity contribution >= 4 is 17.9 Å². The summed E-state index contributed by atoms with van der Waals surface area (Å²) in [5.74, 6) is -1.30. The highest BCUT2D eigenvalue weighted by molar-refractivity contribution is 5.78. The normalized spacial score (nSPS) is 16.2. The molecular weight excluding hydrogens is 250 g/mol. The second-order valence-corrected chi connectivity index (χ2v) is 4.87. The number of carboxylic acids is 1. The molecule has 0 atom stereocenters. The Bertz CT molecular complexity index is 351. The summed E-state index contributed by atoms with van der Waals surface area (Å²) in [6.45, 7) is 1.46. The van der Waals surface area contributed by atoms with Crippen LogP contribution in [-0.2, 0) is 9.59 Å². The lowest BCUT2D eigenvalue weighted by Gasteiger charge is -2.33. The third-order valence-corrected chi connectivity index (χ3v) is 3.38. The molecule has 0 aromatic rings. The Hall–Kier alpha value is -1.79. The number of urea groups is 1. The van der Waals surface area contributed by atoms with Crippen LogP contribution in [0.25, 0.3) is 0 Å². The maximum Gasteiger partial charge on any atom is 0.319 e. The summed E-state index contributed by atoms with van der Waals surface area (Å²) in [5, 5.41) is 8.54. The van der Waals surface area contributed by atoms with Gasteiger partial charge in [-0.1, -0.05) is 0 Å². The Balaban J connectivity index is 2.33. The van der Waals surface area contributed by atoms with E-state index in [9.17, 15) is 14.4 Å². The SMILES string of the molecule is CN(CCCC(=O)O)C(=O)N1CCC(C(N)=O)CC1. The molecule has 0 unspecified atom stereocenters. The number of nitrogens with two attached hydrogens (primary N) is 1. The maximum absolute atomic E-state index is 12.0. The molecule has 1 saturated heterocycles. The first kappa shape index (κ1) is 15.3. The topological polar surface area (TPSA) is 104 Å². The van der Waals surface area contributed by atoms with Crippen LogP contribution >= 0.6 is 0 Å². The Kier molecular flexibility index (Phi) is 5.59. The largest absolute Gasteiger partial charge is 0.481 e.